The predicted molar refractivity (Wildman–Crippen MR) is 151 cm³/mol. The minimum Gasteiger partial charge on any atom is -0.465 e. The number of hydrogen-bond donors (Lipinski definition) is 0. The first kappa shape index (κ1) is 33.0. The van der Waals surface area contributed by atoms with E-state index < -0.39 is 0 Å². The lowest BCUT2D eigenvalue weighted by Gasteiger charge is -2.26. The molecule has 0 heterocycles. The van der Waals surface area contributed by atoms with Gasteiger partial charge in [0, 0.05) is 0 Å². The maximum atomic E-state index is 12.5. The van der Waals surface area contributed by atoms with E-state index in [9.17, 15) is 9.59 Å². The highest BCUT2D eigenvalue weighted by molar-refractivity contribution is 5.75. The van der Waals surface area contributed by atoms with E-state index >= 15 is 0 Å². The number of carbonyl (C=O) groups excluding carboxylic acids is 2. The van der Waals surface area contributed by atoms with Gasteiger partial charge in [-0.05, 0) is 86.9 Å². The summed E-state index contributed by atoms with van der Waals surface area (Å²) in [5, 5.41) is 0. The summed E-state index contributed by atoms with van der Waals surface area (Å²) in [5.74, 6) is 1.11. The van der Waals surface area contributed by atoms with Crippen molar-refractivity contribution in [1.29, 1.82) is 0 Å². The van der Waals surface area contributed by atoms with Crippen molar-refractivity contribution in [2.75, 3.05) is 13.2 Å². The molecule has 212 valence electrons. The van der Waals surface area contributed by atoms with Crippen molar-refractivity contribution in [3.8, 4) is 0 Å². The Morgan fingerprint density at radius 3 is 1.31 bits per heavy atom. The van der Waals surface area contributed by atoms with Gasteiger partial charge in [0.05, 0.1) is 25.0 Å². The summed E-state index contributed by atoms with van der Waals surface area (Å²) in [6, 6.07) is 0. The van der Waals surface area contributed by atoms with Gasteiger partial charge in [0.1, 0.15) is 0 Å². The maximum absolute atomic E-state index is 12.5. The zero-order chi connectivity index (χ0) is 27.2. The minimum absolute atomic E-state index is 0.0509. The van der Waals surface area contributed by atoms with Gasteiger partial charge in [-0.2, -0.15) is 0 Å². The third-order valence-electron chi connectivity index (χ3n) is 9.11. The van der Waals surface area contributed by atoms with E-state index in [0.29, 0.717) is 35.9 Å². The summed E-state index contributed by atoms with van der Waals surface area (Å²) in [5.41, 5.74) is 0.853. The molecule has 4 nitrogen and oxygen atoms in total. The van der Waals surface area contributed by atoms with Crippen molar-refractivity contribution < 1.29 is 19.1 Å². The van der Waals surface area contributed by atoms with Gasteiger partial charge in [-0.1, -0.05) is 81.1 Å². The van der Waals surface area contributed by atoms with E-state index in [1.807, 2.05) is 0 Å². The zero-order valence-corrected chi connectivity index (χ0v) is 25.3. The topological polar surface area (TPSA) is 52.6 Å². The molecule has 1 fully saturated rings. The molecular formula is C32H60O4. The first-order valence-electron chi connectivity index (χ1n) is 15.2. The van der Waals surface area contributed by atoms with Crippen LogP contribution < -0.4 is 0 Å². The van der Waals surface area contributed by atoms with E-state index in [0.717, 1.165) is 51.4 Å². The fraction of sp³-hybridized carbons (Fsp3) is 0.938. The number of carbonyl (C=O) groups is 2. The van der Waals surface area contributed by atoms with Crippen LogP contribution in [0.15, 0.2) is 0 Å². The van der Waals surface area contributed by atoms with Gasteiger partial charge in [-0.25, -0.2) is 0 Å². The lowest BCUT2D eigenvalue weighted by molar-refractivity contribution is -0.155. The number of ether oxygens (including phenoxy) is 2. The fourth-order valence-electron chi connectivity index (χ4n) is 4.93. The molecule has 36 heavy (non-hydrogen) atoms. The Balaban J connectivity index is 2.14. The molecule has 0 bridgehead atoms. The van der Waals surface area contributed by atoms with Crippen LogP contribution in [0.3, 0.4) is 0 Å². The Bertz CT molecular complexity index is 562. The van der Waals surface area contributed by atoms with Crippen LogP contribution in [0.25, 0.3) is 0 Å². The summed E-state index contributed by atoms with van der Waals surface area (Å²) in [4.78, 5) is 25.0. The second-order valence-corrected chi connectivity index (χ2v) is 13.5. The summed E-state index contributed by atoms with van der Waals surface area (Å²) in [7, 11) is 0. The summed E-state index contributed by atoms with van der Waals surface area (Å²) >= 11 is 0. The Morgan fingerprint density at radius 2 is 1.00 bits per heavy atom. The van der Waals surface area contributed by atoms with E-state index in [1.54, 1.807) is 0 Å². The van der Waals surface area contributed by atoms with E-state index in [1.165, 1.54) is 38.5 Å². The smallest absolute Gasteiger partial charge is 0.308 e. The van der Waals surface area contributed by atoms with Gasteiger partial charge in [0.2, 0.25) is 0 Å². The van der Waals surface area contributed by atoms with Crippen LogP contribution in [0.1, 0.15) is 145 Å². The Hall–Kier alpha value is -1.06. The second kappa shape index (κ2) is 16.7. The number of esters is 2. The predicted octanol–water partition coefficient (Wildman–Crippen LogP) is 9.14. The van der Waals surface area contributed by atoms with Crippen molar-refractivity contribution in [3.63, 3.8) is 0 Å². The minimum atomic E-state index is -0.0678. The van der Waals surface area contributed by atoms with Crippen LogP contribution in [0, 0.1) is 34.5 Å². The molecule has 0 saturated heterocycles. The third-order valence-corrected chi connectivity index (χ3v) is 9.11. The average Bonchev–Trinajstić information content (AvgIpc) is 2.86. The highest BCUT2D eigenvalue weighted by Crippen LogP contribution is 2.32. The highest BCUT2D eigenvalue weighted by Gasteiger charge is 2.31. The molecule has 0 aromatic heterocycles. The molecule has 4 heteroatoms. The van der Waals surface area contributed by atoms with Gasteiger partial charge in [-0.15, -0.1) is 0 Å². The maximum Gasteiger partial charge on any atom is 0.308 e. The molecule has 0 N–H and O–H groups in total. The van der Waals surface area contributed by atoms with Gasteiger partial charge in [0.15, 0.2) is 0 Å². The standard InChI is InChI=1S/C32H60O4/c1-9-31(5,6)21-19-25(3)13-11-23-35-29(33)27-15-17-28(18-16-27)30(34)36-24-12-14-26(4)20-22-32(7,8)10-2/h25-28H,9-24H2,1-8H3. The van der Waals surface area contributed by atoms with E-state index in [4.69, 9.17) is 9.47 Å². The molecule has 1 rings (SSSR count). The largest absolute Gasteiger partial charge is 0.465 e. The second-order valence-electron chi connectivity index (χ2n) is 13.5. The van der Waals surface area contributed by atoms with Crippen molar-refractivity contribution >= 4 is 11.9 Å². The molecular weight excluding hydrogens is 448 g/mol. The van der Waals surface area contributed by atoms with Crippen LogP contribution in [0.4, 0.5) is 0 Å². The Labute approximate surface area is 224 Å². The van der Waals surface area contributed by atoms with Crippen molar-refractivity contribution in [2.24, 2.45) is 34.5 Å². The monoisotopic (exact) mass is 508 g/mol. The van der Waals surface area contributed by atoms with Crippen LogP contribution in [-0.4, -0.2) is 25.2 Å². The molecule has 0 radical (unpaired) electrons. The van der Waals surface area contributed by atoms with Gasteiger partial charge in [0.25, 0.3) is 0 Å². The molecule has 0 aromatic rings. The molecule has 0 aromatic carbocycles. The first-order chi connectivity index (χ1) is 16.9. The SMILES string of the molecule is CCC(C)(C)CCC(C)CCCOC(=O)C1CCC(C(=O)OCCCC(C)CCC(C)(C)CC)CC1. The first-order valence-corrected chi connectivity index (χ1v) is 15.2. The third kappa shape index (κ3) is 14.0. The molecule has 1 aliphatic rings. The lowest BCUT2D eigenvalue weighted by Crippen LogP contribution is -2.28. The molecule has 0 amide bonds. The molecule has 0 spiro atoms. The molecule has 2 atom stereocenters. The average molecular weight is 509 g/mol. The van der Waals surface area contributed by atoms with Crippen LogP contribution in [0.5, 0.6) is 0 Å². The van der Waals surface area contributed by atoms with Crippen molar-refractivity contribution in [2.45, 2.75) is 145 Å². The lowest BCUT2D eigenvalue weighted by atomic mass is 9.82. The highest BCUT2D eigenvalue weighted by atomic mass is 16.5. The van der Waals surface area contributed by atoms with E-state index in [2.05, 4.69) is 55.4 Å². The van der Waals surface area contributed by atoms with Crippen LogP contribution in [-0.2, 0) is 19.1 Å². The molecule has 0 aliphatic heterocycles. The van der Waals surface area contributed by atoms with Crippen LogP contribution in [0.2, 0.25) is 0 Å². The van der Waals surface area contributed by atoms with Gasteiger partial charge < -0.3 is 9.47 Å². The molecule has 2 unspecified atom stereocenters. The number of rotatable bonds is 18. The Morgan fingerprint density at radius 1 is 0.667 bits per heavy atom. The normalized spacial score (nSPS) is 20.6. The molecule has 1 saturated carbocycles. The van der Waals surface area contributed by atoms with Crippen molar-refractivity contribution in [1.82, 2.24) is 0 Å². The van der Waals surface area contributed by atoms with Crippen molar-refractivity contribution in [3.05, 3.63) is 0 Å². The fourth-order valence-corrected chi connectivity index (χ4v) is 4.93. The summed E-state index contributed by atoms with van der Waals surface area (Å²) < 4.78 is 11.2. The van der Waals surface area contributed by atoms with Gasteiger partial charge in [-0.3, -0.25) is 9.59 Å². The summed E-state index contributed by atoms with van der Waals surface area (Å²) in [6.45, 7) is 19.6. The summed E-state index contributed by atoms with van der Waals surface area (Å²) in [6.07, 6.45) is 14.5. The molecule has 1 aliphatic carbocycles. The van der Waals surface area contributed by atoms with Gasteiger partial charge >= 0.3 is 11.9 Å². The van der Waals surface area contributed by atoms with Crippen LogP contribution >= 0.6 is 0 Å². The zero-order valence-electron chi connectivity index (χ0n) is 25.3. The number of hydrogen-bond acceptors (Lipinski definition) is 4. The van der Waals surface area contributed by atoms with E-state index in [-0.39, 0.29) is 23.8 Å². The quantitative estimate of drug-likeness (QED) is 0.137. The Kier molecular flexibility index (Phi) is 15.3.